The number of nitrogens with zero attached hydrogens (tertiary/aromatic N) is 2. The molecule has 116 valence electrons. The summed E-state index contributed by atoms with van der Waals surface area (Å²) in [5, 5.41) is 11.9. The second-order valence-electron chi connectivity index (χ2n) is 5.57. The topological polar surface area (TPSA) is 72.9 Å². The third kappa shape index (κ3) is 4.10. The van der Waals surface area contributed by atoms with Crippen molar-refractivity contribution in [2.75, 3.05) is 26.2 Å². The number of likely N-dealkylation sites (N-methyl/N-ethyl adjacent to an activating group) is 1. The first-order valence-corrected chi connectivity index (χ1v) is 7.42. The molecule has 0 radical (unpaired) electrons. The van der Waals surface area contributed by atoms with Gasteiger partial charge in [-0.3, -0.25) is 4.90 Å². The van der Waals surface area contributed by atoms with E-state index in [9.17, 15) is 14.7 Å². The van der Waals surface area contributed by atoms with E-state index in [2.05, 4.69) is 24.1 Å². The van der Waals surface area contributed by atoms with Crippen LogP contribution in [0.1, 0.15) is 34.1 Å². The number of carboxylic acids is 1. The Bertz CT molecular complexity index is 349. The molecule has 6 heteroatoms. The van der Waals surface area contributed by atoms with Crippen molar-refractivity contribution in [1.82, 2.24) is 15.1 Å². The Morgan fingerprint density at radius 2 is 2.00 bits per heavy atom. The minimum atomic E-state index is -0.965. The number of hydrogen-bond acceptors (Lipinski definition) is 3. The molecule has 20 heavy (non-hydrogen) atoms. The zero-order chi connectivity index (χ0) is 15.3. The summed E-state index contributed by atoms with van der Waals surface area (Å²) in [5.41, 5.74) is 0. The van der Waals surface area contributed by atoms with Gasteiger partial charge < -0.3 is 15.3 Å². The molecule has 1 aliphatic rings. The number of hydrogen-bond donors (Lipinski definition) is 2. The fourth-order valence-electron chi connectivity index (χ4n) is 2.56. The third-order valence-electron chi connectivity index (χ3n) is 4.22. The van der Waals surface area contributed by atoms with Gasteiger partial charge in [0, 0.05) is 25.7 Å². The summed E-state index contributed by atoms with van der Waals surface area (Å²) in [6.45, 7) is 11.1. The number of rotatable bonds is 5. The molecule has 0 aromatic rings. The summed E-state index contributed by atoms with van der Waals surface area (Å²) in [4.78, 5) is 27.5. The van der Waals surface area contributed by atoms with Crippen molar-refractivity contribution < 1.29 is 14.7 Å². The van der Waals surface area contributed by atoms with Crippen LogP contribution in [-0.4, -0.2) is 65.2 Å². The molecule has 0 saturated carbocycles. The summed E-state index contributed by atoms with van der Waals surface area (Å²) >= 11 is 0. The zero-order valence-corrected chi connectivity index (χ0v) is 12.9. The average Bonchev–Trinajstić information content (AvgIpc) is 2.43. The summed E-state index contributed by atoms with van der Waals surface area (Å²) < 4.78 is 0. The molecular formula is C14H27N3O3. The third-order valence-corrected chi connectivity index (χ3v) is 4.22. The molecule has 0 bridgehead atoms. The normalized spacial score (nSPS) is 23.2. The van der Waals surface area contributed by atoms with E-state index in [-0.39, 0.29) is 11.9 Å². The maximum atomic E-state index is 12.2. The molecule has 0 aromatic heterocycles. The van der Waals surface area contributed by atoms with E-state index in [4.69, 9.17) is 0 Å². The van der Waals surface area contributed by atoms with Crippen molar-refractivity contribution in [3.8, 4) is 0 Å². The van der Waals surface area contributed by atoms with Gasteiger partial charge in [0.25, 0.3) is 0 Å². The molecule has 1 aliphatic heterocycles. The number of aliphatic carboxylic acids is 1. The van der Waals surface area contributed by atoms with Crippen LogP contribution in [0.2, 0.25) is 0 Å². The summed E-state index contributed by atoms with van der Waals surface area (Å²) in [5.74, 6) is -1.04. The number of piperazine rings is 1. The Balaban J connectivity index is 2.60. The van der Waals surface area contributed by atoms with Crippen LogP contribution >= 0.6 is 0 Å². The van der Waals surface area contributed by atoms with E-state index < -0.39 is 12.0 Å². The van der Waals surface area contributed by atoms with Crippen molar-refractivity contribution in [1.29, 1.82) is 0 Å². The average molecular weight is 285 g/mol. The SMILES string of the molecule is CCC(C)C(NC(=O)N1CCN(CC)C(C)C1)C(=O)O. The summed E-state index contributed by atoms with van der Waals surface area (Å²) in [7, 11) is 0. The number of carbonyl (C=O) groups excluding carboxylic acids is 1. The summed E-state index contributed by atoms with van der Waals surface area (Å²) in [6.07, 6.45) is 0.720. The molecule has 6 nitrogen and oxygen atoms in total. The fraction of sp³-hybridized carbons (Fsp3) is 0.857. The molecule has 0 spiro atoms. The second kappa shape index (κ2) is 7.47. The molecule has 1 heterocycles. The monoisotopic (exact) mass is 285 g/mol. The number of nitrogens with one attached hydrogen (secondary N) is 1. The Morgan fingerprint density at radius 1 is 1.35 bits per heavy atom. The lowest BCUT2D eigenvalue weighted by atomic mass is 9.99. The molecule has 3 unspecified atom stereocenters. The summed E-state index contributed by atoms with van der Waals surface area (Å²) in [6, 6.07) is -0.765. The van der Waals surface area contributed by atoms with Gasteiger partial charge in [-0.2, -0.15) is 0 Å². The van der Waals surface area contributed by atoms with E-state index in [0.29, 0.717) is 19.1 Å². The van der Waals surface area contributed by atoms with Crippen LogP contribution in [-0.2, 0) is 4.79 Å². The van der Waals surface area contributed by atoms with Crippen LogP contribution in [0.3, 0.4) is 0 Å². The van der Waals surface area contributed by atoms with E-state index >= 15 is 0 Å². The highest BCUT2D eigenvalue weighted by Crippen LogP contribution is 2.12. The number of carbonyl (C=O) groups is 2. The van der Waals surface area contributed by atoms with E-state index in [1.54, 1.807) is 4.90 Å². The smallest absolute Gasteiger partial charge is 0.326 e. The van der Waals surface area contributed by atoms with E-state index in [1.807, 2.05) is 13.8 Å². The first kappa shape index (κ1) is 16.8. The lowest BCUT2D eigenvalue weighted by Gasteiger charge is -2.39. The van der Waals surface area contributed by atoms with Crippen molar-refractivity contribution in [2.24, 2.45) is 5.92 Å². The van der Waals surface area contributed by atoms with Crippen LogP contribution in [0, 0.1) is 5.92 Å². The highest BCUT2D eigenvalue weighted by atomic mass is 16.4. The molecule has 3 atom stereocenters. The molecule has 1 saturated heterocycles. The Morgan fingerprint density at radius 3 is 2.45 bits per heavy atom. The van der Waals surface area contributed by atoms with Gasteiger partial charge >= 0.3 is 12.0 Å². The molecule has 0 aliphatic carbocycles. The first-order valence-electron chi connectivity index (χ1n) is 7.42. The number of carboxylic acid groups (broad SMARTS) is 1. The highest BCUT2D eigenvalue weighted by molar-refractivity contribution is 5.82. The van der Waals surface area contributed by atoms with Crippen LogP contribution in [0.4, 0.5) is 4.79 Å². The molecule has 2 N–H and O–H groups in total. The van der Waals surface area contributed by atoms with Gasteiger partial charge in [0.15, 0.2) is 0 Å². The second-order valence-corrected chi connectivity index (χ2v) is 5.57. The van der Waals surface area contributed by atoms with Crippen molar-refractivity contribution in [2.45, 2.75) is 46.2 Å². The maximum absolute atomic E-state index is 12.2. The predicted molar refractivity (Wildman–Crippen MR) is 77.7 cm³/mol. The fourth-order valence-corrected chi connectivity index (χ4v) is 2.56. The minimum Gasteiger partial charge on any atom is -0.480 e. The standard InChI is InChI=1S/C14H27N3O3/c1-5-10(3)12(13(18)19)15-14(20)17-8-7-16(6-2)11(4)9-17/h10-12H,5-9H2,1-4H3,(H,15,20)(H,18,19). The van der Waals surface area contributed by atoms with Gasteiger partial charge in [0.05, 0.1) is 0 Å². The number of urea groups is 1. The highest BCUT2D eigenvalue weighted by Gasteiger charge is 2.30. The van der Waals surface area contributed by atoms with Gasteiger partial charge in [-0.1, -0.05) is 27.2 Å². The Labute approximate surface area is 121 Å². The molecule has 0 aromatic carbocycles. The molecule has 2 amide bonds. The molecule has 1 rings (SSSR count). The molecular weight excluding hydrogens is 258 g/mol. The Kier molecular flexibility index (Phi) is 6.26. The number of amides is 2. The Hall–Kier alpha value is -1.30. The van der Waals surface area contributed by atoms with Gasteiger partial charge in [-0.25, -0.2) is 9.59 Å². The van der Waals surface area contributed by atoms with E-state index in [0.717, 1.165) is 19.5 Å². The maximum Gasteiger partial charge on any atom is 0.326 e. The van der Waals surface area contributed by atoms with Crippen LogP contribution in [0.25, 0.3) is 0 Å². The minimum absolute atomic E-state index is 0.0780. The van der Waals surface area contributed by atoms with E-state index in [1.165, 1.54) is 0 Å². The van der Waals surface area contributed by atoms with Gasteiger partial charge in [-0.15, -0.1) is 0 Å². The molecule has 1 fully saturated rings. The van der Waals surface area contributed by atoms with Crippen LogP contribution in [0.5, 0.6) is 0 Å². The van der Waals surface area contributed by atoms with Crippen molar-refractivity contribution in [3.63, 3.8) is 0 Å². The van der Waals surface area contributed by atoms with Crippen molar-refractivity contribution >= 4 is 12.0 Å². The largest absolute Gasteiger partial charge is 0.480 e. The van der Waals surface area contributed by atoms with Gasteiger partial charge in [-0.05, 0) is 19.4 Å². The quantitative estimate of drug-likeness (QED) is 0.796. The van der Waals surface area contributed by atoms with Crippen molar-refractivity contribution in [3.05, 3.63) is 0 Å². The first-order chi connectivity index (χ1) is 9.40. The van der Waals surface area contributed by atoms with Crippen LogP contribution in [0.15, 0.2) is 0 Å². The van der Waals surface area contributed by atoms with Crippen LogP contribution < -0.4 is 5.32 Å². The lowest BCUT2D eigenvalue weighted by Crippen LogP contribution is -2.58. The zero-order valence-electron chi connectivity index (χ0n) is 12.9. The predicted octanol–water partition coefficient (Wildman–Crippen LogP) is 1.22. The van der Waals surface area contributed by atoms with Gasteiger partial charge in [0.1, 0.15) is 6.04 Å². The van der Waals surface area contributed by atoms with Gasteiger partial charge in [0.2, 0.25) is 0 Å². The lowest BCUT2D eigenvalue weighted by molar-refractivity contribution is -0.140.